The molecular weight excluding hydrogens is 323 g/mol. The summed E-state index contributed by atoms with van der Waals surface area (Å²) in [5, 5.41) is 0. The van der Waals surface area contributed by atoms with Gasteiger partial charge in [-0.3, -0.25) is 9.59 Å². The molecule has 1 heterocycles. The highest BCUT2D eigenvalue weighted by Gasteiger charge is 2.49. The first-order chi connectivity index (χ1) is 11.4. The average molecular weight is 340 g/mol. The van der Waals surface area contributed by atoms with E-state index in [1.807, 2.05) is 0 Å². The predicted octanol–water partition coefficient (Wildman–Crippen LogP) is 1.40. The summed E-state index contributed by atoms with van der Waals surface area (Å²) in [6.45, 7) is 1.85. The molecule has 0 N–H and O–H groups in total. The molecule has 0 aromatic heterocycles. The Morgan fingerprint density at radius 1 is 1.08 bits per heavy atom. The molecule has 1 saturated heterocycles. The molecule has 1 aliphatic heterocycles. The number of rotatable bonds is 5. The molecule has 1 fully saturated rings. The topological polar surface area (TPSA) is 88.1 Å². The monoisotopic (exact) mass is 340 g/mol. The Hall–Kier alpha value is -2.48. The van der Waals surface area contributed by atoms with Crippen molar-refractivity contribution in [2.45, 2.75) is 38.5 Å². The van der Waals surface area contributed by atoms with Gasteiger partial charge in [-0.1, -0.05) is 18.2 Å². The van der Waals surface area contributed by atoms with Crippen LogP contribution in [0.15, 0.2) is 30.3 Å². The molecular formula is C16H17FO7. The molecule has 8 heteroatoms. The summed E-state index contributed by atoms with van der Waals surface area (Å²) in [7, 11) is 0. The maximum atomic E-state index is 14.3. The minimum atomic E-state index is -1.88. The third-order valence-corrected chi connectivity index (χ3v) is 3.22. The van der Waals surface area contributed by atoms with Gasteiger partial charge in [0.25, 0.3) is 0 Å². The van der Waals surface area contributed by atoms with E-state index < -0.39 is 42.6 Å². The molecule has 0 bridgehead atoms. The summed E-state index contributed by atoms with van der Waals surface area (Å²) in [5.74, 6) is -2.10. The van der Waals surface area contributed by atoms with Gasteiger partial charge in [0.2, 0.25) is 12.5 Å². The van der Waals surface area contributed by atoms with Crippen molar-refractivity contribution in [2.24, 2.45) is 0 Å². The lowest BCUT2D eigenvalue weighted by Gasteiger charge is -2.18. The van der Waals surface area contributed by atoms with E-state index in [9.17, 15) is 18.8 Å². The largest absolute Gasteiger partial charge is 0.459 e. The Kier molecular flexibility index (Phi) is 5.86. The van der Waals surface area contributed by atoms with Gasteiger partial charge >= 0.3 is 17.9 Å². The van der Waals surface area contributed by atoms with Crippen LogP contribution in [0.25, 0.3) is 0 Å². The Balaban J connectivity index is 2.01. The Morgan fingerprint density at radius 3 is 2.29 bits per heavy atom. The Bertz CT molecular complexity index is 604. The molecule has 1 aliphatic rings. The summed E-state index contributed by atoms with van der Waals surface area (Å²) in [6.07, 6.45) is -5.82. The smallest absolute Gasteiger partial charge is 0.338 e. The number of hydrogen-bond donors (Lipinski definition) is 0. The highest BCUT2D eigenvalue weighted by Crippen LogP contribution is 2.28. The summed E-state index contributed by atoms with van der Waals surface area (Å²) < 4.78 is 34.1. The maximum absolute atomic E-state index is 14.3. The van der Waals surface area contributed by atoms with Crippen LogP contribution in [-0.4, -0.2) is 49.2 Å². The van der Waals surface area contributed by atoms with Crippen molar-refractivity contribution in [3.05, 3.63) is 35.9 Å². The number of alkyl halides is 1. The lowest BCUT2D eigenvalue weighted by Crippen LogP contribution is -2.37. The van der Waals surface area contributed by atoms with Crippen molar-refractivity contribution in [2.75, 3.05) is 6.61 Å². The number of halogens is 1. The first-order valence-corrected chi connectivity index (χ1v) is 7.24. The molecule has 24 heavy (non-hydrogen) atoms. The van der Waals surface area contributed by atoms with Crippen molar-refractivity contribution in [1.82, 2.24) is 0 Å². The fourth-order valence-corrected chi connectivity index (χ4v) is 2.22. The minimum Gasteiger partial charge on any atom is -0.459 e. The van der Waals surface area contributed by atoms with Crippen molar-refractivity contribution < 1.29 is 37.7 Å². The van der Waals surface area contributed by atoms with E-state index in [0.29, 0.717) is 5.56 Å². The second kappa shape index (κ2) is 7.87. The summed E-state index contributed by atoms with van der Waals surface area (Å²) in [4.78, 5) is 34.0. The molecule has 4 atom stereocenters. The Morgan fingerprint density at radius 2 is 1.71 bits per heavy atom. The van der Waals surface area contributed by atoms with E-state index in [4.69, 9.17) is 14.2 Å². The van der Waals surface area contributed by atoms with Gasteiger partial charge in [-0.15, -0.1) is 0 Å². The van der Waals surface area contributed by atoms with Crippen LogP contribution in [-0.2, 0) is 28.5 Å². The molecule has 1 unspecified atom stereocenters. The lowest BCUT2D eigenvalue weighted by molar-refractivity contribution is -0.182. The van der Waals surface area contributed by atoms with Gasteiger partial charge in [-0.25, -0.2) is 9.18 Å². The van der Waals surface area contributed by atoms with Crippen molar-refractivity contribution in [3.63, 3.8) is 0 Å². The number of esters is 3. The van der Waals surface area contributed by atoms with E-state index in [1.54, 1.807) is 30.3 Å². The standard InChI is InChI=1S/C16H17FO7/c1-9(18)22-14-12(24-16(13(14)17)23-10(2)19)8-21-15(20)11-6-4-3-5-7-11/h3-7,12-14,16H,8H2,1-2H3/t12-,13-,14?,16-/m1/s1. The highest BCUT2D eigenvalue weighted by atomic mass is 19.1. The first kappa shape index (κ1) is 17.9. The maximum Gasteiger partial charge on any atom is 0.338 e. The average Bonchev–Trinajstić information content (AvgIpc) is 2.81. The molecule has 0 saturated carbocycles. The molecule has 0 aliphatic carbocycles. The number of ether oxygens (including phenoxy) is 4. The number of hydrogen-bond acceptors (Lipinski definition) is 7. The predicted molar refractivity (Wildman–Crippen MR) is 77.6 cm³/mol. The van der Waals surface area contributed by atoms with Gasteiger partial charge in [0.1, 0.15) is 12.7 Å². The normalized spacial score (nSPS) is 25.8. The third kappa shape index (κ3) is 4.51. The van der Waals surface area contributed by atoms with E-state index >= 15 is 0 Å². The second-order valence-electron chi connectivity index (χ2n) is 5.14. The quantitative estimate of drug-likeness (QED) is 0.591. The third-order valence-electron chi connectivity index (χ3n) is 3.22. The molecule has 0 spiro atoms. The van der Waals surface area contributed by atoms with E-state index in [1.165, 1.54) is 0 Å². The van der Waals surface area contributed by atoms with Crippen LogP contribution in [0, 0.1) is 0 Å². The van der Waals surface area contributed by atoms with Crippen LogP contribution in [0.4, 0.5) is 4.39 Å². The Labute approximate surface area is 137 Å². The molecule has 0 radical (unpaired) electrons. The van der Waals surface area contributed by atoms with Gasteiger partial charge in [-0.2, -0.15) is 0 Å². The van der Waals surface area contributed by atoms with Crippen LogP contribution in [0.2, 0.25) is 0 Å². The van der Waals surface area contributed by atoms with Crippen LogP contribution >= 0.6 is 0 Å². The van der Waals surface area contributed by atoms with Crippen molar-refractivity contribution >= 4 is 17.9 Å². The minimum absolute atomic E-state index is 0.313. The zero-order valence-corrected chi connectivity index (χ0v) is 13.1. The van der Waals surface area contributed by atoms with Gasteiger partial charge in [-0.05, 0) is 12.1 Å². The second-order valence-corrected chi connectivity index (χ2v) is 5.14. The summed E-state index contributed by atoms with van der Waals surface area (Å²) >= 11 is 0. The van der Waals surface area contributed by atoms with E-state index in [-0.39, 0.29) is 6.61 Å². The molecule has 130 valence electrons. The van der Waals surface area contributed by atoms with Gasteiger partial charge in [0.15, 0.2) is 6.10 Å². The number of carbonyl (C=O) groups is 3. The van der Waals surface area contributed by atoms with Crippen LogP contribution < -0.4 is 0 Å². The van der Waals surface area contributed by atoms with Gasteiger partial charge < -0.3 is 18.9 Å². The lowest BCUT2D eigenvalue weighted by atomic mass is 10.1. The van der Waals surface area contributed by atoms with Crippen LogP contribution in [0.1, 0.15) is 24.2 Å². The van der Waals surface area contributed by atoms with Crippen molar-refractivity contribution in [3.8, 4) is 0 Å². The van der Waals surface area contributed by atoms with Crippen LogP contribution in [0.5, 0.6) is 0 Å². The van der Waals surface area contributed by atoms with Crippen LogP contribution in [0.3, 0.4) is 0 Å². The highest BCUT2D eigenvalue weighted by molar-refractivity contribution is 5.89. The molecule has 1 aromatic carbocycles. The molecule has 1 aromatic rings. The summed E-state index contributed by atoms with van der Waals surface area (Å²) in [6, 6.07) is 8.18. The molecule has 0 amide bonds. The fourth-order valence-electron chi connectivity index (χ4n) is 2.22. The fraction of sp³-hybridized carbons (Fsp3) is 0.438. The number of benzene rings is 1. The summed E-state index contributed by atoms with van der Waals surface area (Å²) in [5.41, 5.74) is 0.313. The first-order valence-electron chi connectivity index (χ1n) is 7.24. The zero-order chi connectivity index (χ0) is 17.7. The molecule has 7 nitrogen and oxygen atoms in total. The van der Waals surface area contributed by atoms with E-state index in [2.05, 4.69) is 4.74 Å². The SMILES string of the molecule is CC(=O)OC1[C@@H](F)[C@H](OC(C)=O)O[C@@H]1COC(=O)c1ccccc1. The molecule has 2 rings (SSSR count). The van der Waals surface area contributed by atoms with Crippen molar-refractivity contribution in [1.29, 1.82) is 0 Å². The van der Waals surface area contributed by atoms with Gasteiger partial charge in [0.05, 0.1) is 5.56 Å². The van der Waals surface area contributed by atoms with Gasteiger partial charge in [0, 0.05) is 13.8 Å². The van der Waals surface area contributed by atoms with E-state index in [0.717, 1.165) is 13.8 Å². The zero-order valence-electron chi connectivity index (χ0n) is 13.1. The number of carbonyl (C=O) groups excluding carboxylic acids is 3.